The number of hydrogen-bond acceptors (Lipinski definition) is 5. The Labute approximate surface area is 107 Å². The molecule has 0 aliphatic carbocycles. The molecule has 96 valence electrons. The van der Waals surface area contributed by atoms with E-state index < -0.39 is 9.85 Å². The van der Waals surface area contributed by atoms with Gasteiger partial charge >= 0.3 is 0 Å². The van der Waals surface area contributed by atoms with E-state index in [1.54, 1.807) is 12.1 Å². The number of nitro benzene ring substituents is 2. The molecule has 0 fully saturated rings. The summed E-state index contributed by atoms with van der Waals surface area (Å²) in [6.07, 6.45) is 0. The number of non-ortho nitro benzene ring substituents is 2. The quantitative estimate of drug-likeness (QED) is 0.671. The highest BCUT2D eigenvalue weighted by atomic mass is 16.6. The first-order valence-electron chi connectivity index (χ1n) is 5.32. The summed E-state index contributed by atoms with van der Waals surface area (Å²) in [5, 5.41) is 24.2. The molecule has 7 nitrogen and oxygen atoms in total. The maximum atomic E-state index is 10.6. The van der Waals surface area contributed by atoms with E-state index >= 15 is 0 Å². The van der Waals surface area contributed by atoms with Crippen LogP contribution < -0.4 is 5.32 Å². The molecule has 2 rings (SSSR count). The van der Waals surface area contributed by atoms with E-state index in [0.29, 0.717) is 11.4 Å². The number of nitrogens with zero attached hydrogens (tertiary/aromatic N) is 2. The zero-order valence-electron chi connectivity index (χ0n) is 9.65. The first-order valence-corrected chi connectivity index (χ1v) is 5.32. The fourth-order valence-electron chi connectivity index (χ4n) is 1.56. The molecule has 0 heterocycles. The van der Waals surface area contributed by atoms with Crippen molar-refractivity contribution >= 4 is 22.7 Å². The molecule has 7 heteroatoms. The summed E-state index contributed by atoms with van der Waals surface area (Å²) in [6.45, 7) is 0. The number of hydrogen-bond donors (Lipinski definition) is 1. The van der Waals surface area contributed by atoms with Gasteiger partial charge in [0.1, 0.15) is 0 Å². The van der Waals surface area contributed by atoms with Gasteiger partial charge in [0, 0.05) is 35.6 Å². The predicted octanol–water partition coefficient (Wildman–Crippen LogP) is 3.25. The number of benzene rings is 2. The summed E-state index contributed by atoms with van der Waals surface area (Å²) in [5.41, 5.74) is 0.898. The molecule has 2 aromatic rings. The smallest absolute Gasteiger partial charge is 0.271 e. The lowest BCUT2D eigenvalue weighted by Gasteiger charge is -2.05. The van der Waals surface area contributed by atoms with Crippen LogP contribution in [0.2, 0.25) is 0 Å². The van der Waals surface area contributed by atoms with Crippen LogP contribution in [0, 0.1) is 20.2 Å². The molecule has 0 radical (unpaired) electrons. The fourth-order valence-corrected chi connectivity index (χ4v) is 1.56. The molecule has 1 N–H and O–H groups in total. The Bertz CT molecular complexity index is 587. The summed E-state index contributed by atoms with van der Waals surface area (Å²) in [7, 11) is 0. The molecular weight excluding hydrogens is 250 g/mol. The molecular formula is C12H9N3O4. The van der Waals surface area contributed by atoms with Gasteiger partial charge in [0.15, 0.2) is 0 Å². The Balaban J connectivity index is 2.26. The predicted molar refractivity (Wildman–Crippen MR) is 69.5 cm³/mol. The molecule has 0 spiro atoms. The Morgan fingerprint density at radius 2 is 1.21 bits per heavy atom. The van der Waals surface area contributed by atoms with E-state index in [1.807, 2.05) is 0 Å². The van der Waals surface area contributed by atoms with Crippen LogP contribution in [0.1, 0.15) is 0 Å². The number of nitro groups is 2. The van der Waals surface area contributed by atoms with Gasteiger partial charge < -0.3 is 5.32 Å². The minimum atomic E-state index is -0.501. The third-order valence-electron chi connectivity index (χ3n) is 2.40. The summed E-state index contributed by atoms with van der Waals surface area (Å²) in [5.74, 6) is 0. The standard InChI is InChI=1S/C12H9N3O4/c16-14(17)11-5-1-3-9(7-11)13-10-4-2-6-12(8-10)15(18)19/h1-8,13H. The number of nitrogens with one attached hydrogen (secondary N) is 1. The van der Waals surface area contributed by atoms with Crippen LogP contribution in [-0.2, 0) is 0 Å². The second-order valence-corrected chi connectivity index (χ2v) is 3.74. The van der Waals surface area contributed by atoms with Crippen molar-refractivity contribution in [2.45, 2.75) is 0 Å². The van der Waals surface area contributed by atoms with E-state index in [0.717, 1.165) is 0 Å². The lowest BCUT2D eigenvalue weighted by Crippen LogP contribution is -1.94. The fraction of sp³-hybridized carbons (Fsp3) is 0. The van der Waals surface area contributed by atoms with Gasteiger partial charge in [-0.1, -0.05) is 12.1 Å². The molecule has 0 saturated carbocycles. The van der Waals surface area contributed by atoms with Crippen molar-refractivity contribution in [1.29, 1.82) is 0 Å². The lowest BCUT2D eigenvalue weighted by molar-refractivity contribution is -0.384. The highest BCUT2D eigenvalue weighted by molar-refractivity contribution is 5.64. The van der Waals surface area contributed by atoms with Crippen LogP contribution >= 0.6 is 0 Å². The van der Waals surface area contributed by atoms with E-state index in [2.05, 4.69) is 5.32 Å². The average molecular weight is 259 g/mol. The number of anilines is 2. The SMILES string of the molecule is O=[N+]([O-])c1cccc(Nc2cccc([N+](=O)[O-])c2)c1. The molecule has 0 aliphatic rings. The summed E-state index contributed by atoms with van der Waals surface area (Å²) < 4.78 is 0. The van der Waals surface area contributed by atoms with Crippen LogP contribution in [0.3, 0.4) is 0 Å². The first kappa shape index (κ1) is 12.5. The summed E-state index contributed by atoms with van der Waals surface area (Å²) >= 11 is 0. The zero-order chi connectivity index (χ0) is 13.8. The minimum absolute atomic E-state index is 0.0459. The average Bonchev–Trinajstić information content (AvgIpc) is 2.39. The van der Waals surface area contributed by atoms with Crippen LogP contribution in [0.25, 0.3) is 0 Å². The molecule has 0 bridgehead atoms. The number of rotatable bonds is 4. The zero-order valence-corrected chi connectivity index (χ0v) is 9.65. The second-order valence-electron chi connectivity index (χ2n) is 3.74. The van der Waals surface area contributed by atoms with Crippen molar-refractivity contribution in [3.63, 3.8) is 0 Å². The molecule has 0 saturated heterocycles. The molecule has 2 aromatic carbocycles. The van der Waals surface area contributed by atoms with Crippen LogP contribution in [-0.4, -0.2) is 9.85 Å². The molecule has 19 heavy (non-hydrogen) atoms. The van der Waals surface area contributed by atoms with Gasteiger partial charge in [0.25, 0.3) is 11.4 Å². The van der Waals surface area contributed by atoms with E-state index in [-0.39, 0.29) is 11.4 Å². The Hall–Kier alpha value is -2.96. The van der Waals surface area contributed by atoms with Gasteiger partial charge in [-0.2, -0.15) is 0 Å². The van der Waals surface area contributed by atoms with Crippen molar-refractivity contribution in [2.75, 3.05) is 5.32 Å². The molecule has 0 aromatic heterocycles. The Morgan fingerprint density at radius 1 is 0.789 bits per heavy atom. The van der Waals surface area contributed by atoms with Crippen LogP contribution in [0.5, 0.6) is 0 Å². The van der Waals surface area contributed by atoms with Gasteiger partial charge in [-0.3, -0.25) is 20.2 Å². The molecule has 0 amide bonds. The third-order valence-corrected chi connectivity index (χ3v) is 2.40. The molecule has 0 aliphatic heterocycles. The monoisotopic (exact) mass is 259 g/mol. The van der Waals surface area contributed by atoms with Gasteiger partial charge in [-0.15, -0.1) is 0 Å². The topological polar surface area (TPSA) is 98.3 Å². The minimum Gasteiger partial charge on any atom is -0.355 e. The van der Waals surface area contributed by atoms with Crippen LogP contribution in [0.15, 0.2) is 48.5 Å². The largest absolute Gasteiger partial charge is 0.355 e. The third kappa shape index (κ3) is 3.03. The Kier molecular flexibility index (Phi) is 3.37. The van der Waals surface area contributed by atoms with Crippen molar-refractivity contribution in [3.05, 3.63) is 68.8 Å². The van der Waals surface area contributed by atoms with Gasteiger partial charge in [0.05, 0.1) is 9.85 Å². The summed E-state index contributed by atoms with van der Waals surface area (Å²) in [4.78, 5) is 20.3. The van der Waals surface area contributed by atoms with Crippen LogP contribution in [0.4, 0.5) is 22.7 Å². The molecule has 0 atom stereocenters. The maximum absolute atomic E-state index is 10.6. The van der Waals surface area contributed by atoms with Crippen molar-refractivity contribution in [2.24, 2.45) is 0 Å². The van der Waals surface area contributed by atoms with E-state index in [1.165, 1.54) is 36.4 Å². The normalized spacial score (nSPS) is 9.89. The maximum Gasteiger partial charge on any atom is 0.271 e. The summed E-state index contributed by atoms with van der Waals surface area (Å²) in [6, 6.07) is 11.8. The van der Waals surface area contributed by atoms with E-state index in [9.17, 15) is 20.2 Å². The Morgan fingerprint density at radius 3 is 1.58 bits per heavy atom. The second kappa shape index (κ2) is 5.13. The molecule has 0 unspecified atom stereocenters. The van der Waals surface area contributed by atoms with E-state index in [4.69, 9.17) is 0 Å². The van der Waals surface area contributed by atoms with Gasteiger partial charge in [-0.25, -0.2) is 0 Å². The highest BCUT2D eigenvalue weighted by Gasteiger charge is 2.08. The van der Waals surface area contributed by atoms with Crippen molar-refractivity contribution < 1.29 is 9.85 Å². The van der Waals surface area contributed by atoms with Crippen molar-refractivity contribution in [1.82, 2.24) is 0 Å². The van der Waals surface area contributed by atoms with Gasteiger partial charge in [-0.05, 0) is 12.1 Å². The lowest BCUT2D eigenvalue weighted by atomic mass is 10.2. The van der Waals surface area contributed by atoms with Gasteiger partial charge in [0.2, 0.25) is 0 Å². The highest BCUT2D eigenvalue weighted by Crippen LogP contribution is 2.23. The first-order chi connectivity index (χ1) is 9.06. The van der Waals surface area contributed by atoms with Crippen molar-refractivity contribution in [3.8, 4) is 0 Å².